The number of ether oxygens (including phenoxy) is 1. The van der Waals surface area contributed by atoms with Crippen molar-refractivity contribution in [2.75, 3.05) is 12.4 Å². The number of rotatable bonds is 6. The van der Waals surface area contributed by atoms with Gasteiger partial charge in [-0.1, -0.05) is 36.8 Å². The highest BCUT2D eigenvalue weighted by Gasteiger charge is 2.23. The van der Waals surface area contributed by atoms with Crippen molar-refractivity contribution in [1.29, 1.82) is 0 Å². The largest absolute Gasteiger partial charge is 0.454 e. The Morgan fingerprint density at radius 1 is 1.00 bits per heavy atom. The summed E-state index contributed by atoms with van der Waals surface area (Å²) in [5.74, 6) is -1.27. The molecule has 2 aromatic carbocycles. The zero-order valence-corrected chi connectivity index (χ0v) is 16.1. The number of Topliss-reactive ketones (excluding diaryl/α,β-unsaturated/α-hetero) is 1. The lowest BCUT2D eigenvalue weighted by molar-refractivity contribution is 0.0470. The molecule has 0 N–H and O–H groups in total. The highest BCUT2D eigenvalue weighted by atomic mass is 32.2. The van der Waals surface area contributed by atoms with Crippen LogP contribution in [0.5, 0.6) is 0 Å². The molecule has 0 aromatic heterocycles. The van der Waals surface area contributed by atoms with Crippen molar-refractivity contribution in [2.24, 2.45) is 0 Å². The summed E-state index contributed by atoms with van der Waals surface area (Å²) in [5, 5.41) is 0. The molecule has 5 nitrogen and oxygen atoms in total. The van der Waals surface area contributed by atoms with E-state index in [0.717, 1.165) is 16.7 Å². The third-order valence-electron chi connectivity index (χ3n) is 4.11. The van der Waals surface area contributed by atoms with Gasteiger partial charge in [-0.15, -0.1) is 0 Å². The molecule has 0 saturated heterocycles. The molecular weight excluding hydrogens is 352 g/mol. The van der Waals surface area contributed by atoms with Crippen molar-refractivity contribution in [3.05, 3.63) is 64.2 Å². The molecule has 0 radical (unpaired) electrons. The minimum absolute atomic E-state index is 0.0560. The van der Waals surface area contributed by atoms with E-state index in [9.17, 15) is 18.0 Å². The van der Waals surface area contributed by atoms with Gasteiger partial charge in [0.05, 0.1) is 16.2 Å². The van der Waals surface area contributed by atoms with Gasteiger partial charge in [0, 0.05) is 5.56 Å². The molecule has 0 spiro atoms. The van der Waals surface area contributed by atoms with E-state index in [1.165, 1.54) is 19.1 Å². The Bertz CT molecular complexity index is 935. The molecule has 0 aliphatic rings. The number of ketones is 1. The summed E-state index contributed by atoms with van der Waals surface area (Å²) in [4.78, 5) is 24.7. The predicted octanol–water partition coefficient (Wildman–Crippen LogP) is 3.45. The maximum absolute atomic E-state index is 12.5. The van der Waals surface area contributed by atoms with E-state index in [-0.39, 0.29) is 22.0 Å². The topological polar surface area (TPSA) is 77.5 Å². The third kappa shape index (κ3) is 4.19. The van der Waals surface area contributed by atoms with Gasteiger partial charge in [0.1, 0.15) is 0 Å². The first kappa shape index (κ1) is 19.8. The van der Waals surface area contributed by atoms with Gasteiger partial charge < -0.3 is 4.74 Å². The SMILES string of the molecule is CCS(=O)(=O)c1ccccc1C(=O)OCC(=O)c1c(C)cc(C)cc1C. The van der Waals surface area contributed by atoms with Crippen LogP contribution in [0.15, 0.2) is 41.3 Å². The number of carbonyl (C=O) groups is 2. The van der Waals surface area contributed by atoms with Crippen molar-refractivity contribution < 1.29 is 22.7 Å². The summed E-state index contributed by atoms with van der Waals surface area (Å²) in [6.45, 7) is 6.67. The maximum atomic E-state index is 12.5. The van der Waals surface area contributed by atoms with Gasteiger partial charge in [-0.05, 0) is 44.0 Å². The molecule has 26 heavy (non-hydrogen) atoms. The van der Waals surface area contributed by atoms with Crippen LogP contribution in [0.4, 0.5) is 0 Å². The second-order valence-corrected chi connectivity index (χ2v) is 8.42. The minimum atomic E-state index is -3.57. The van der Waals surface area contributed by atoms with Crippen LogP contribution in [0.25, 0.3) is 0 Å². The minimum Gasteiger partial charge on any atom is -0.454 e. The number of aryl methyl sites for hydroxylation is 3. The molecule has 2 rings (SSSR count). The number of benzene rings is 2. The van der Waals surface area contributed by atoms with Crippen LogP contribution in [-0.2, 0) is 14.6 Å². The Balaban J connectivity index is 2.22. The van der Waals surface area contributed by atoms with Gasteiger partial charge >= 0.3 is 5.97 Å². The third-order valence-corrected chi connectivity index (χ3v) is 5.90. The van der Waals surface area contributed by atoms with E-state index in [4.69, 9.17) is 4.74 Å². The lowest BCUT2D eigenvalue weighted by Gasteiger charge is -2.12. The van der Waals surface area contributed by atoms with Crippen LogP contribution < -0.4 is 0 Å². The second kappa shape index (κ2) is 7.83. The van der Waals surface area contributed by atoms with E-state index < -0.39 is 22.4 Å². The van der Waals surface area contributed by atoms with Crippen LogP contribution >= 0.6 is 0 Å². The smallest absolute Gasteiger partial charge is 0.339 e. The first-order valence-corrected chi connectivity index (χ1v) is 9.92. The fourth-order valence-electron chi connectivity index (χ4n) is 2.96. The number of hydrogen-bond acceptors (Lipinski definition) is 5. The van der Waals surface area contributed by atoms with Crippen LogP contribution in [0.1, 0.15) is 44.3 Å². The standard InChI is InChI=1S/C20H22O5S/c1-5-26(23,24)18-9-7-6-8-16(18)20(22)25-12-17(21)19-14(3)10-13(2)11-15(19)4/h6-11H,5,12H2,1-4H3. The Morgan fingerprint density at radius 2 is 1.58 bits per heavy atom. The Kier molecular flexibility index (Phi) is 5.97. The molecule has 2 aromatic rings. The number of esters is 1. The molecule has 0 saturated carbocycles. The summed E-state index contributed by atoms with van der Waals surface area (Å²) in [6, 6.07) is 9.64. The van der Waals surface area contributed by atoms with Crippen LogP contribution in [0.2, 0.25) is 0 Å². The van der Waals surface area contributed by atoms with Crippen molar-refractivity contribution in [1.82, 2.24) is 0 Å². The van der Waals surface area contributed by atoms with Gasteiger partial charge in [-0.3, -0.25) is 4.79 Å². The van der Waals surface area contributed by atoms with E-state index >= 15 is 0 Å². The van der Waals surface area contributed by atoms with E-state index in [2.05, 4.69) is 0 Å². The Morgan fingerprint density at radius 3 is 2.15 bits per heavy atom. The van der Waals surface area contributed by atoms with E-state index in [0.29, 0.717) is 5.56 Å². The zero-order valence-electron chi connectivity index (χ0n) is 15.3. The number of carbonyl (C=O) groups excluding carboxylic acids is 2. The maximum Gasteiger partial charge on any atom is 0.339 e. The number of sulfone groups is 1. The first-order valence-electron chi connectivity index (χ1n) is 8.27. The molecule has 0 heterocycles. The molecule has 0 aliphatic heterocycles. The molecule has 138 valence electrons. The Labute approximate surface area is 153 Å². The second-order valence-electron chi connectivity index (χ2n) is 6.17. The fourth-order valence-corrected chi connectivity index (χ4v) is 4.05. The molecule has 0 atom stereocenters. The average Bonchev–Trinajstić information content (AvgIpc) is 2.58. The summed E-state index contributed by atoms with van der Waals surface area (Å²) in [7, 11) is -3.57. The van der Waals surface area contributed by atoms with Gasteiger partial charge in [0.2, 0.25) is 5.78 Å². The quantitative estimate of drug-likeness (QED) is 0.572. The Hall–Kier alpha value is -2.47. The predicted molar refractivity (Wildman–Crippen MR) is 99.4 cm³/mol. The summed E-state index contributed by atoms with van der Waals surface area (Å²) >= 11 is 0. The van der Waals surface area contributed by atoms with Crippen molar-refractivity contribution in [3.63, 3.8) is 0 Å². The lowest BCUT2D eigenvalue weighted by atomic mass is 9.97. The van der Waals surface area contributed by atoms with E-state index in [1.807, 2.05) is 32.9 Å². The molecule has 0 fully saturated rings. The summed E-state index contributed by atoms with van der Waals surface area (Å²) < 4.78 is 29.4. The van der Waals surface area contributed by atoms with E-state index in [1.54, 1.807) is 12.1 Å². The first-order chi connectivity index (χ1) is 12.2. The van der Waals surface area contributed by atoms with Crippen LogP contribution in [0, 0.1) is 20.8 Å². The normalized spacial score (nSPS) is 11.2. The monoisotopic (exact) mass is 374 g/mol. The molecule has 0 amide bonds. The van der Waals surface area contributed by atoms with Crippen molar-refractivity contribution in [2.45, 2.75) is 32.6 Å². The molecule has 0 bridgehead atoms. The zero-order chi connectivity index (χ0) is 19.5. The summed E-state index contributed by atoms with van der Waals surface area (Å²) in [5.41, 5.74) is 3.15. The van der Waals surface area contributed by atoms with Crippen molar-refractivity contribution in [3.8, 4) is 0 Å². The van der Waals surface area contributed by atoms with Crippen molar-refractivity contribution >= 4 is 21.6 Å². The van der Waals surface area contributed by atoms with Gasteiger partial charge in [0.25, 0.3) is 0 Å². The average molecular weight is 374 g/mol. The highest BCUT2D eigenvalue weighted by Crippen LogP contribution is 2.20. The molecular formula is C20H22O5S. The fraction of sp³-hybridized carbons (Fsp3) is 0.300. The highest BCUT2D eigenvalue weighted by molar-refractivity contribution is 7.91. The molecule has 0 unspecified atom stereocenters. The van der Waals surface area contributed by atoms with Crippen LogP contribution in [-0.4, -0.2) is 32.5 Å². The van der Waals surface area contributed by atoms with Gasteiger partial charge in [-0.25, -0.2) is 13.2 Å². The molecule has 6 heteroatoms. The summed E-state index contributed by atoms with van der Waals surface area (Å²) in [6.07, 6.45) is 0. The lowest BCUT2D eigenvalue weighted by Crippen LogP contribution is -2.18. The van der Waals surface area contributed by atoms with Crippen LogP contribution in [0.3, 0.4) is 0 Å². The molecule has 0 aliphatic carbocycles. The number of hydrogen-bond donors (Lipinski definition) is 0. The van der Waals surface area contributed by atoms with Gasteiger partial charge in [-0.2, -0.15) is 0 Å². The van der Waals surface area contributed by atoms with Gasteiger partial charge in [0.15, 0.2) is 16.4 Å².